The molecule has 1 unspecified atom stereocenters. The van der Waals surface area contributed by atoms with E-state index in [0.717, 1.165) is 50.9 Å². The van der Waals surface area contributed by atoms with Gasteiger partial charge in [-0.2, -0.15) is 0 Å². The van der Waals surface area contributed by atoms with Crippen molar-refractivity contribution in [3.05, 3.63) is 17.5 Å². The van der Waals surface area contributed by atoms with Gasteiger partial charge >= 0.3 is 0 Å². The van der Waals surface area contributed by atoms with E-state index in [0.29, 0.717) is 12.2 Å². The Hall–Kier alpha value is -2.18. The molecule has 3 heterocycles. The van der Waals surface area contributed by atoms with E-state index < -0.39 is 5.54 Å². The number of aromatic nitrogens is 2. The monoisotopic (exact) mass is 359 g/mol. The number of likely N-dealkylation sites (tertiary alicyclic amines) is 2. The largest absolute Gasteiger partial charge is 0.368 e. The van der Waals surface area contributed by atoms with E-state index in [2.05, 4.69) is 16.9 Å². The van der Waals surface area contributed by atoms with Crippen molar-refractivity contribution >= 4 is 17.8 Å². The van der Waals surface area contributed by atoms with Gasteiger partial charge < -0.3 is 15.5 Å². The average Bonchev–Trinajstić information content (AvgIpc) is 3.02. The van der Waals surface area contributed by atoms with Crippen LogP contribution in [0, 0.1) is 0 Å². The second-order valence-corrected chi connectivity index (χ2v) is 7.68. The van der Waals surface area contributed by atoms with Gasteiger partial charge in [0.2, 0.25) is 11.9 Å². The molecule has 0 saturated carbocycles. The zero-order valence-corrected chi connectivity index (χ0v) is 16.0. The van der Waals surface area contributed by atoms with E-state index in [1.165, 1.54) is 0 Å². The first-order valence-electron chi connectivity index (χ1n) is 9.65. The van der Waals surface area contributed by atoms with Crippen LogP contribution in [0.25, 0.3) is 0 Å². The van der Waals surface area contributed by atoms with Crippen LogP contribution in [0.15, 0.2) is 6.07 Å². The molecule has 1 spiro atoms. The molecule has 2 aliphatic rings. The van der Waals surface area contributed by atoms with E-state index in [1.807, 2.05) is 18.7 Å². The third kappa shape index (κ3) is 3.15. The van der Waals surface area contributed by atoms with E-state index in [4.69, 9.17) is 5.73 Å². The van der Waals surface area contributed by atoms with E-state index in [9.17, 15) is 9.59 Å². The second-order valence-electron chi connectivity index (χ2n) is 7.68. The summed E-state index contributed by atoms with van der Waals surface area (Å²) >= 11 is 0. The van der Waals surface area contributed by atoms with Crippen LogP contribution in [0.5, 0.6) is 0 Å². The number of nitrogen functional groups attached to an aromatic ring is 1. The van der Waals surface area contributed by atoms with Gasteiger partial charge in [-0.1, -0.05) is 20.8 Å². The Morgan fingerprint density at radius 1 is 1.27 bits per heavy atom. The lowest BCUT2D eigenvalue weighted by molar-refractivity contribution is -0.145. The number of anilines is 1. The summed E-state index contributed by atoms with van der Waals surface area (Å²) < 4.78 is 0. The molecule has 2 aliphatic heterocycles. The molecule has 1 atom stereocenters. The Balaban J connectivity index is 1.93. The van der Waals surface area contributed by atoms with Gasteiger partial charge in [0.15, 0.2) is 0 Å². The van der Waals surface area contributed by atoms with E-state index in [-0.39, 0.29) is 23.7 Å². The molecule has 2 N–H and O–H groups in total. The summed E-state index contributed by atoms with van der Waals surface area (Å²) in [4.78, 5) is 38.5. The van der Waals surface area contributed by atoms with Crippen molar-refractivity contribution in [3.8, 4) is 0 Å². The molecule has 0 aliphatic carbocycles. The fourth-order valence-corrected chi connectivity index (χ4v) is 4.23. The Labute approximate surface area is 155 Å². The van der Waals surface area contributed by atoms with Crippen molar-refractivity contribution in [2.24, 2.45) is 0 Å². The molecule has 7 nitrogen and oxygen atoms in total. The Bertz CT molecular complexity index is 703. The highest BCUT2D eigenvalue weighted by atomic mass is 16.2. The minimum absolute atomic E-state index is 0.0996. The predicted octanol–water partition coefficient (Wildman–Crippen LogP) is 2.19. The maximum Gasteiger partial charge on any atom is 0.273 e. The maximum absolute atomic E-state index is 13.3. The molecule has 7 heteroatoms. The topological polar surface area (TPSA) is 92.4 Å². The fraction of sp³-hybridized carbons (Fsp3) is 0.684. The first kappa shape index (κ1) is 18.6. The zero-order valence-electron chi connectivity index (χ0n) is 16.0. The van der Waals surface area contributed by atoms with E-state index >= 15 is 0 Å². The van der Waals surface area contributed by atoms with Crippen LogP contribution >= 0.6 is 0 Å². The van der Waals surface area contributed by atoms with Crippen LogP contribution in [-0.4, -0.2) is 56.8 Å². The number of amides is 2. The standard InChI is InChI=1S/C19H29N5O2/c1-4-9-23-10-5-7-19(17(23)26)8-6-11-24(19)16(25)15-12-14(13(2)3)21-18(20)22-15/h12-13H,4-11H2,1-3H3,(H2,20,21,22). The number of nitrogens with two attached hydrogens (primary N) is 1. The summed E-state index contributed by atoms with van der Waals surface area (Å²) in [6.45, 7) is 8.20. The molecule has 0 bridgehead atoms. The van der Waals surface area contributed by atoms with Crippen molar-refractivity contribution in [1.82, 2.24) is 19.8 Å². The van der Waals surface area contributed by atoms with Crippen LogP contribution in [0.2, 0.25) is 0 Å². The SMILES string of the molecule is CCCN1CCCC2(CCCN2C(=O)c2cc(C(C)C)nc(N)n2)C1=O. The highest BCUT2D eigenvalue weighted by Gasteiger charge is 2.52. The summed E-state index contributed by atoms with van der Waals surface area (Å²) in [5, 5.41) is 0. The molecule has 1 aromatic heterocycles. The average molecular weight is 359 g/mol. The Morgan fingerprint density at radius 3 is 2.62 bits per heavy atom. The molecular formula is C19H29N5O2. The first-order chi connectivity index (χ1) is 12.4. The lowest BCUT2D eigenvalue weighted by Gasteiger charge is -2.44. The van der Waals surface area contributed by atoms with Crippen LogP contribution < -0.4 is 5.73 Å². The highest BCUT2D eigenvalue weighted by molar-refractivity contribution is 5.99. The van der Waals surface area contributed by atoms with Gasteiger partial charge in [-0.3, -0.25) is 9.59 Å². The lowest BCUT2D eigenvalue weighted by Crippen LogP contribution is -2.61. The number of piperidine rings is 1. The smallest absolute Gasteiger partial charge is 0.273 e. The van der Waals surface area contributed by atoms with Gasteiger partial charge in [-0.05, 0) is 44.1 Å². The summed E-state index contributed by atoms with van der Waals surface area (Å²) in [5.41, 5.74) is 6.16. The summed E-state index contributed by atoms with van der Waals surface area (Å²) in [6, 6.07) is 1.71. The number of carbonyl (C=O) groups is 2. The highest BCUT2D eigenvalue weighted by Crippen LogP contribution is 2.39. The van der Waals surface area contributed by atoms with Crippen LogP contribution in [0.4, 0.5) is 5.95 Å². The molecule has 0 aromatic carbocycles. The van der Waals surface area contributed by atoms with Gasteiger partial charge in [0.25, 0.3) is 5.91 Å². The normalized spacial score (nSPS) is 23.3. The fourth-order valence-electron chi connectivity index (χ4n) is 4.23. The summed E-state index contributed by atoms with van der Waals surface area (Å²) in [5.74, 6) is 0.152. The van der Waals surface area contributed by atoms with Gasteiger partial charge in [-0.25, -0.2) is 9.97 Å². The molecule has 0 radical (unpaired) electrons. The molecule has 3 rings (SSSR count). The summed E-state index contributed by atoms with van der Waals surface area (Å²) in [7, 11) is 0. The van der Waals surface area contributed by atoms with Gasteiger partial charge in [-0.15, -0.1) is 0 Å². The molecule has 2 saturated heterocycles. The van der Waals surface area contributed by atoms with Crippen molar-refractivity contribution in [1.29, 1.82) is 0 Å². The molecule has 1 aromatic rings. The number of hydrogen-bond acceptors (Lipinski definition) is 5. The molecule has 2 fully saturated rings. The second kappa shape index (κ2) is 7.21. The van der Waals surface area contributed by atoms with Crippen molar-refractivity contribution in [2.45, 2.75) is 64.3 Å². The minimum atomic E-state index is -0.706. The van der Waals surface area contributed by atoms with E-state index in [1.54, 1.807) is 11.0 Å². The molecular weight excluding hydrogens is 330 g/mol. The maximum atomic E-state index is 13.3. The van der Waals surface area contributed by atoms with Gasteiger partial charge in [0, 0.05) is 25.3 Å². The van der Waals surface area contributed by atoms with Gasteiger partial charge in [0.1, 0.15) is 11.2 Å². The number of carbonyl (C=O) groups excluding carboxylic acids is 2. The van der Waals surface area contributed by atoms with Crippen molar-refractivity contribution < 1.29 is 9.59 Å². The number of rotatable bonds is 4. The quantitative estimate of drug-likeness (QED) is 0.889. The van der Waals surface area contributed by atoms with Crippen LogP contribution in [-0.2, 0) is 4.79 Å². The lowest BCUT2D eigenvalue weighted by atomic mass is 9.85. The molecule has 2 amide bonds. The number of nitrogens with zero attached hydrogens (tertiary/aromatic N) is 4. The zero-order chi connectivity index (χ0) is 18.9. The van der Waals surface area contributed by atoms with Crippen LogP contribution in [0.1, 0.15) is 75.0 Å². The summed E-state index contributed by atoms with van der Waals surface area (Å²) in [6.07, 6.45) is 4.16. The molecule has 26 heavy (non-hydrogen) atoms. The van der Waals surface area contributed by atoms with Crippen molar-refractivity contribution in [3.63, 3.8) is 0 Å². The van der Waals surface area contributed by atoms with Crippen LogP contribution in [0.3, 0.4) is 0 Å². The Kier molecular flexibility index (Phi) is 5.16. The van der Waals surface area contributed by atoms with Gasteiger partial charge in [0.05, 0.1) is 0 Å². The third-order valence-corrected chi connectivity index (χ3v) is 5.51. The predicted molar refractivity (Wildman–Crippen MR) is 99.6 cm³/mol. The third-order valence-electron chi connectivity index (χ3n) is 5.51. The minimum Gasteiger partial charge on any atom is -0.368 e. The number of hydrogen-bond donors (Lipinski definition) is 1. The van der Waals surface area contributed by atoms with Crippen molar-refractivity contribution in [2.75, 3.05) is 25.4 Å². The Morgan fingerprint density at radius 2 is 1.96 bits per heavy atom. The first-order valence-corrected chi connectivity index (χ1v) is 9.65. The molecule has 142 valence electrons.